The van der Waals surface area contributed by atoms with Crippen LogP contribution in [-0.2, 0) is 46.0 Å². The molecule has 121 valence electrons. The predicted molar refractivity (Wildman–Crippen MR) is 79.7 cm³/mol. The van der Waals surface area contributed by atoms with Crippen LogP contribution in [0.15, 0.2) is 0 Å². The average molecular weight is 461 g/mol. The van der Waals surface area contributed by atoms with Gasteiger partial charge in [-0.2, -0.15) is 0 Å². The third-order valence-electron chi connectivity index (χ3n) is 1.77. The second-order valence-electron chi connectivity index (χ2n) is 3.77. The molecule has 0 bridgehead atoms. The van der Waals surface area contributed by atoms with Gasteiger partial charge in [-0.25, -0.2) is 0 Å². The summed E-state index contributed by atoms with van der Waals surface area (Å²) >= 11 is 13.9. The first-order chi connectivity index (χ1) is 9.18. The van der Waals surface area contributed by atoms with Gasteiger partial charge in [0.05, 0.1) is 0 Å². The summed E-state index contributed by atoms with van der Waals surface area (Å²) in [4.78, 5) is 0. The molecule has 10 heteroatoms. The first-order valence-corrected chi connectivity index (χ1v) is 13.5. The molecular weight excluding hydrogens is 441 g/mol. The number of hydrogen-bond donors (Lipinski definition) is 0. The van der Waals surface area contributed by atoms with E-state index in [0.717, 1.165) is 25.7 Å². The molecule has 0 unspecified atom stereocenters. The van der Waals surface area contributed by atoms with Crippen LogP contribution in [0.3, 0.4) is 0 Å². The quantitative estimate of drug-likeness (QED) is 0.249. The standard InChI is InChI=1S/2C4H9O.C2H2Cl3O.2ClH.2Ti/c2*1-2-3-4-5;3-2(4,5)1-6;;;;/h2*2-4H2,1H3;1H2;2*1H;;/q3*-1;;;+1;+4/p-2. The summed E-state index contributed by atoms with van der Waals surface area (Å²) in [6.07, 6.45) is 4.15. The van der Waals surface area contributed by atoms with E-state index in [2.05, 4.69) is 17.2 Å². The van der Waals surface area contributed by atoms with Crippen LogP contribution in [0, 0.1) is 0 Å². The van der Waals surface area contributed by atoms with Crippen molar-refractivity contribution in [2.24, 2.45) is 0 Å². The zero-order valence-corrected chi connectivity index (χ0v) is 18.5. The van der Waals surface area contributed by atoms with Crippen molar-refractivity contribution in [3.8, 4) is 0 Å². The van der Waals surface area contributed by atoms with E-state index in [9.17, 15) is 0 Å². The molecule has 3 nitrogen and oxygen atoms in total. The van der Waals surface area contributed by atoms with Crippen LogP contribution in [0.25, 0.3) is 0 Å². The molecule has 0 fully saturated rings. The molecule has 0 atom stereocenters. The van der Waals surface area contributed by atoms with Crippen molar-refractivity contribution in [1.82, 2.24) is 0 Å². The van der Waals surface area contributed by atoms with E-state index in [0.29, 0.717) is 13.2 Å². The molecule has 0 amide bonds. The average Bonchev–Trinajstić information content (AvgIpc) is 2.28. The minimum atomic E-state index is -3.32. The van der Waals surface area contributed by atoms with Gasteiger partial charge in [-0.15, -0.1) is 0 Å². The van der Waals surface area contributed by atoms with Crippen molar-refractivity contribution < 1.29 is 46.0 Å². The van der Waals surface area contributed by atoms with Gasteiger partial charge >= 0.3 is 163 Å². The van der Waals surface area contributed by atoms with Crippen molar-refractivity contribution in [2.45, 2.75) is 43.3 Å². The van der Waals surface area contributed by atoms with Crippen LogP contribution in [0.4, 0.5) is 0 Å². The van der Waals surface area contributed by atoms with Gasteiger partial charge in [0, 0.05) is 0 Å². The molecule has 0 spiro atoms. The fourth-order valence-electron chi connectivity index (χ4n) is 0.794. The molecular formula is C10H20Cl5O3Ti2. The Morgan fingerprint density at radius 3 is 1.55 bits per heavy atom. The van der Waals surface area contributed by atoms with Gasteiger partial charge in [0.25, 0.3) is 0 Å². The first-order valence-electron chi connectivity index (χ1n) is 6.19. The summed E-state index contributed by atoms with van der Waals surface area (Å²) in [5.41, 5.74) is 0. The second kappa shape index (κ2) is 15.3. The number of unbranched alkanes of at least 4 members (excludes halogenated alkanes) is 2. The van der Waals surface area contributed by atoms with E-state index in [1.165, 1.54) is 20.8 Å². The van der Waals surface area contributed by atoms with Crippen LogP contribution >= 0.6 is 53.4 Å². The number of alkyl halides is 3. The summed E-state index contributed by atoms with van der Waals surface area (Å²) in [6.45, 7) is 5.57. The van der Waals surface area contributed by atoms with Gasteiger partial charge in [-0.1, -0.05) is 0 Å². The SMILES string of the molecule is CCCC[O][Ti]([Cl])([Cl])[O]CCCC.ClC(Cl)(Cl)C[O][Ti]. The molecule has 0 heterocycles. The summed E-state index contributed by atoms with van der Waals surface area (Å²) in [6, 6.07) is 0. The molecule has 0 radical (unpaired) electrons. The van der Waals surface area contributed by atoms with Crippen molar-refractivity contribution in [3.63, 3.8) is 0 Å². The number of halogens is 5. The van der Waals surface area contributed by atoms with Gasteiger partial charge in [0.1, 0.15) is 0 Å². The molecule has 0 aliphatic rings. The molecule has 0 saturated heterocycles. The fourth-order valence-corrected chi connectivity index (χ4v) is 4.32. The van der Waals surface area contributed by atoms with Crippen molar-refractivity contribution in [3.05, 3.63) is 0 Å². The van der Waals surface area contributed by atoms with Gasteiger partial charge in [0.15, 0.2) is 0 Å². The van der Waals surface area contributed by atoms with Gasteiger partial charge in [-0.3, -0.25) is 0 Å². The summed E-state index contributed by atoms with van der Waals surface area (Å²) < 4.78 is 13.9. The third-order valence-corrected chi connectivity index (χ3v) is 5.81. The van der Waals surface area contributed by atoms with Crippen LogP contribution < -0.4 is 0 Å². The monoisotopic (exact) mass is 459 g/mol. The summed E-state index contributed by atoms with van der Waals surface area (Å²) in [7, 11) is 11.8. The fraction of sp³-hybridized carbons (Fsp3) is 1.00. The predicted octanol–water partition coefficient (Wildman–Crippen LogP) is 5.75. The molecule has 0 aliphatic heterocycles. The molecule has 0 aromatic carbocycles. The molecule has 0 rings (SSSR count). The topological polar surface area (TPSA) is 27.7 Å². The summed E-state index contributed by atoms with van der Waals surface area (Å²) in [5.74, 6) is 0. The Morgan fingerprint density at radius 1 is 0.950 bits per heavy atom. The summed E-state index contributed by atoms with van der Waals surface area (Å²) in [5, 5.41) is 0. The van der Waals surface area contributed by atoms with Crippen molar-refractivity contribution >= 4 is 53.4 Å². The Labute approximate surface area is 161 Å². The van der Waals surface area contributed by atoms with E-state index in [-0.39, 0.29) is 6.61 Å². The van der Waals surface area contributed by atoms with E-state index in [1.807, 2.05) is 0 Å². The zero-order valence-electron chi connectivity index (χ0n) is 11.6. The minimum absolute atomic E-state index is 0.137. The zero-order chi connectivity index (χ0) is 16.1. The number of hydrogen-bond acceptors (Lipinski definition) is 3. The Hall–Kier alpha value is 2.76. The molecule has 0 aromatic heterocycles. The van der Waals surface area contributed by atoms with Crippen LogP contribution in [0.1, 0.15) is 39.5 Å². The molecule has 0 N–H and O–H groups in total. The maximum absolute atomic E-state index is 5.92. The molecule has 0 aromatic rings. The number of rotatable bonds is 9. The van der Waals surface area contributed by atoms with Crippen molar-refractivity contribution in [2.75, 3.05) is 19.8 Å². The maximum atomic E-state index is 5.92. The Bertz CT molecular complexity index is 206. The third kappa shape index (κ3) is 23.0. The molecule has 0 aliphatic carbocycles. The molecule has 0 saturated carbocycles. The van der Waals surface area contributed by atoms with Gasteiger partial charge in [0.2, 0.25) is 0 Å². The van der Waals surface area contributed by atoms with Crippen LogP contribution in [0.2, 0.25) is 0 Å². The Morgan fingerprint density at radius 2 is 1.35 bits per heavy atom. The van der Waals surface area contributed by atoms with Gasteiger partial charge in [-0.05, 0) is 0 Å². The van der Waals surface area contributed by atoms with Crippen LogP contribution in [0.5, 0.6) is 0 Å². The first kappa shape index (κ1) is 25.0. The van der Waals surface area contributed by atoms with Gasteiger partial charge < -0.3 is 0 Å². The normalized spacial score (nSPS) is 11.9. The van der Waals surface area contributed by atoms with E-state index < -0.39 is 19.0 Å². The van der Waals surface area contributed by atoms with Crippen molar-refractivity contribution in [1.29, 1.82) is 0 Å². The van der Waals surface area contributed by atoms with E-state index in [4.69, 9.17) is 60.0 Å². The van der Waals surface area contributed by atoms with E-state index >= 15 is 0 Å². The van der Waals surface area contributed by atoms with E-state index in [1.54, 1.807) is 0 Å². The second-order valence-corrected chi connectivity index (χ2v) is 14.0. The van der Waals surface area contributed by atoms with Crippen LogP contribution in [-0.4, -0.2) is 23.6 Å². The molecule has 20 heavy (non-hydrogen) atoms. The Balaban J connectivity index is 0. The Kier molecular flexibility index (Phi) is 19.1.